The lowest BCUT2D eigenvalue weighted by Crippen LogP contribution is -2.32. The first-order chi connectivity index (χ1) is 11.8. The topological polar surface area (TPSA) is 68.2 Å². The molecule has 0 saturated heterocycles. The normalized spacial score (nSPS) is 13.2. The zero-order chi connectivity index (χ0) is 16.8. The molecule has 2 N–H and O–H groups in total. The quantitative estimate of drug-likeness (QED) is 0.856. The molecule has 6 nitrogen and oxygen atoms in total. The molecule has 3 rings (SSSR count). The Morgan fingerprint density at radius 3 is 2.83 bits per heavy atom. The number of urea groups is 1. The first-order valence-corrected chi connectivity index (χ1v) is 8.57. The molecule has 2 aromatic rings. The molecule has 0 radical (unpaired) electrons. The van der Waals surface area contributed by atoms with E-state index in [1.165, 1.54) is 24.1 Å². The van der Waals surface area contributed by atoms with Gasteiger partial charge in [-0.2, -0.15) is 5.10 Å². The highest BCUT2D eigenvalue weighted by Crippen LogP contribution is 2.20. The van der Waals surface area contributed by atoms with E-state index in [1.807, 2.05) is 42.1 Å². The second-order valence-corrected chi connectivity index (χ2v) is 5.89. The van der Waals surface area contributed by atoms with Crippen LogP contribution in [-0.2, 0) is 19.4 Å². The van der Waals surface area contributed by atoms with Gasteiger partial charge < -0.3 is 15.4 Å². The van der Waals surface area contributed by atoms with E-state index in [0.29, 0.717) is 19.7 Å². The van der Waals surface area contributed by atoms with Crippen molar-refractivity contribution in [2.24, 2.45) is 0 Å². The van der Waals surface area contributed by atoms with Crippen molar-refractivity contribution in [2.75, 3.05) is 18.5 Å². The van der Waals surface area contributed by atoms with Gasteiger partial charge in [0.1, 0.15) is 5.75 Å². The van der Waals surface area contributed by atoms with E-state index in [4.69, 9.17) is 4.74 Å². The minimum atomic E-state index is -0.208. The fourth-order valence-corrected chi connectivity index (χ4v) is 3.00. The second kappa shape index (κ2) is 7.86. The van der Waals surface area contributed by atoms with E-state index < -0.39 is 0 Å². The minimum absolute atomic E-state index is 0.208. The molecule has 1 heterocycles. The number of carbonyl (C=O) groups excluding carboxylic acids is 1. The smallest absolute Gasteiger partial charge is 0.319 e. The fourth-order valence-electron chi connectivity index (χ4n) is 3.00. The molecule has 0 saturated carbocycles. The summed E-state index contributed by atoms with van der Waals surface area (Å²) >= 11 is 0. The molecule has 1 aromatic carbocycles. The molecule has 0 bridgehead atoms. The van der Waals surface area contributed by atoms with E-state index in [9.17, 15) is 4.79 Å². The highest BCUT2D eigenvalue weighted by Gasteiger charge is 2.14. The van der Waals surface area contributed by atoms with Crippen molar-refractivity contribution >= 4 is 11.7 Å². The maximum Gasteiger partial charge on any atom is 0.319 e. The van der Waals surface area contributed by atoms with Gasteiger partial charge in [-0.3, -0.25) is 4.68 Å². The zero-order valence-corrected chi connectivity index (χ0v) is 14.0. The molecule has 0 unspecified atom stereocenters. The van der Waals surface area contributed by atoms with Crippen molar-refractivity contribution in [1.29, 1.82) is 0 Å². The van der Waals surface area contributed by atoms with Crippen LogP contribution in [0.15, 0.2) is 30.5 Å². The third-order valence-corrected chi connectivity index (χ3v) is 4.18. The van der Waals surface area contributed by atoms with E-state index in [0.717, 1.165) is 24.3 Å². The van der Waals surface area contributed by atoms with E-state index in [1.54, 1.807) is 0 Å². The van der Waals surface area contributed by atoms with Gasteiger partial charge in [0, 0.05) is 17.9 Å². The van der Waals surface area contributed by atoms with E-state index in [2.05, 4.69) is 15.7 Å². The molecule has 6 heteroatoms. The summed E-state index contributed by atoms with van der Waals surface area (Å²) in [5.74, 6) is 0.798. The van der Waals surface area contributed by atoms with Gasteiger partial charge in [0.25, 0.3) is 0 Å². The third kappa shape index (κ3) is 4.07. The molecular weight excluding hydrogens is 304 g/mol. The van der Waals surface area contributed by atoms with Crippen molar-refractivity contribution in [3.05, 3.63) is 41.7 Å². The van der Waals surface area contributed by atoms with Crippen molar-refractivity contribution in [2.45, 2.75) is 39.2 Å². The van der Waals surface area contributed by atoms with Gasteiger partial charge in [0.05, 0.1) is 19.3 Å². The Kier molecular flexibility index (Phi) is 5.36. The summed E-state index contributed by atoms with van der Waals surface area (Å²) in [6.07, 6.45) is 6.66. The summed E-state index contributed by atoms with van der Waals surface area (Å²) in [5, 5.41) is 10.1. The standard InChI is InChI=1S/C18H24N4O2/c1-2-24-16-9-7-15(8-10-16)21-18(23)19-11-12-22-17-6-4-3-5-14(17)13-20-22/h7-10,13H,2-6,11-12H2,1H3,(H2,19,21,23). The Morgan fingerprint density at radius 2 is 2.04 bits per heavy atom. The minimum Gasteiger partial charge on any atom is -0.494 e. The Balaban J connectivity index is 1.45. The van der Waals surface area contributed by atoms with E-state index in [-0.39, 0.29) is 6.03 Å². The highest BCUT2D eigenvalue weighted by atomic mass is 16.5. The Hall–Kier alpha value is -2.50. The van der Waals surface area contributed by atoms with Crippen LogP contribution in [0.4, 0.5) is 10.5 Å². The predicted octanol–water partition coefficient (Wildman–Crippen LogP) is 2.98. The first kappa shape index (κ1) is 16.4. The van der Waals surface area contributed by atoms with Crippen LogP contribution >= 0.6 is 0 Å². The molecule has 0 fully saturated rings. The molecule has 0 aliphatic heterocycles. The predicted molar refractivity (Wildman–Crippen MR) is 93.5 cm³/mol. The van der Waals surface area contributed by atoms with Crippen LogP contribution in [0, 0.1) is 0 Å². The number of benzene rings is 1. The summed E-state index contributed by atoms with van der Waals surface area (Å²) in [4.78, 5) is 12.0. The summed E-state index contributed by atoms with van der Waals surface area (Å²) < 4.78 is 7.40. The molecule has 128 valence electrons. The van der Waals surface area contributed by atoms with Crippen molar-refractivity contribution < 1.29 is 9.53 Å². The molecule has 0 spiro atoms. The summed E-state index contributed by atoms with van der Waals surface area (Å²) in [7, 11) is 0. The van der Waals surface area contributed by atoms with Crippen LogP contribution in [-0.4, -0.2) is 29.0 Å². The maximum absolute atomic E-state index is 12.0. The van der Waals surface area contributed by atoms with Crippen LogP contribution in [0.5, 0.6) is 5.75 Å². The summed E-state index contributed by atoms with van der Waals surface area (Å²) in [6.45, 7) is 3.82. The van der Waals surface area contributed by atoms with Crippen LogP contribution in [0.1, 0.15) is 31.0 Å². The van der Waals surface area contributed by atoms with Gasteiger partial charge in [0.2, 0.25) is 0 Å². The zero-order valence-electron chi connectivity index (χ0n) is 14.0. The fraction of sp³-hybridized carbons (Fsp3) is 0.444. The van der Waals surface area contributed by atoms with Gasteiger partial charge in [0.15, 0.2) is 0 Å². The summed E-state index contributed by atoms with van der Waals surface area (Å²) in [6, 6.07) is 7.13. The van der Waals surface area contributed by atoms with Gasteiger partial charge in [-0.25, -0.2) is 4.79 Å². The lowest BCUT2D eigenvalue weighted by molar-refractivity contribution is 0.251. The molecular formula is C18H24N4O2. The summed E-state index contributed by atoms with van der Waals surface area (Å²) in [5.41, 5.74) is 3.43. The number of hydrogen-bond acceptors (Lipinski definition) is 3. The van der Waals surface area contributed by atoms with Crippen LogP contribution in [0.3, 0.4) is 0 Å². The number of nitrogens with one attached hydrogen (secondary N) is 2. The SMILES string of the molecule is CCOc1ccc(NC(=O)NCCn2ncc3c2CCCC3)cc1. The van der Waals surface area contributed by atoms with Crippen LogP contribution in [0.25, 0.3) is 0 Å². The first-order valence-electron chi connectivity index (χ1n) is 8.57. The molecule has 1 aromatic heterocycles. The Labute approximate surface area is 142 Å². The number of anilines is 1. The molecule has 1 aliphatic rings. The lowest BCUT2D eigenvalue weighted by Gasteiger charge is -2.14. The van der Waals surface area contributed by atoms with Gasteiger partial charge >= 0.3 is 6.03 Å². The van der Waals surface area contributed by atoms with Gasteiger partial charge in [-0.15, -0.1) is 0 Å². The van der Waals surface area contributed by atoms with Crippen LogP contribution in [0.2, 0.25) is 0 Å². The van der Waals surface area contributed by atoms with Gasteiger partial charge in [-0.05, 0) is 62.4 Å². The second-order valence-electron chi connectivity index (χ2n) is 5.89. The largest absolute Gasteiger partial charge is 0.494 e. The number of ether oxygens (including phenoxy) is 1. The maximum atomic E-state index is 12.0. The molecule has 1 aliphatic carbocycles. The number of hydrogen-bond donors (Lipinski definition) is 2. The average molecular weight is 328 g/mol. The van der Waals surface area contributed by atoms with Gasteiger partial charge in [-0.1, -0.05) is 0 Å². The Morgan fingerprint density at radius 1 is 1.25 bits per heavy atom. The number of fused-ring (bicyclic) bond motifs is 1. The third-order valence-electron chi connectivity index (χ3n) is 4.18. The molecule has 0 atom stereocenters. The number of amides is 2. The monoisotopic (exact) mass is 328 g/mol. The number of nitrogens with zero attached hydrogens (tertiary/aromatic N) is 2. The number of carbonyl (C=O) groups is 1. The average Bonchev–Trinajstić information content (AvgIpc) is 3.00. The molecule has 2 amide bonds. The lowest BCUT2D eigenvalue weighted by atomic mass is 9.98. The van der Waals surface area contributed by atoms with E-state index >= 15 is 0 Å². The highest BCUT2D eigenvalue weighted by molar-refractivity contribution is 5.89. The van der Waals surface area contributed by atoms with Crippen molar-refractivity contribution in [3.8, 4) is 5.75 Å². The number of rotatable bonds is 6. The van der Waals surface area contributed by atoms with Crippen LogP contribution < -0.4 is 15.4 Å². The molecule has 24 heavy (non-hydrogen) atoms. The Bertz CT molecular complexity index is 679. The van der Waals surface area contributed by atoms with Crippen molar-refractivity contribution in [3.63, 3.8) is 0 Å². The number of aromatic nitrogens is 2. The number of aryl methyl sites for hydroxylation is 1. The van der Waals surface area contributed by atoms with Crippen molar-refractivity contribution in [1.82, 2.24) is 15.1 Å².